The van der Waals surface area contributed by atoms with E-state index in [9.17, 15) is 9.59 Å². The maximum absolute atomic E-state index is 12.0. The quantitative estimate of drug-likeness (QED) is 0.625. The Morgan fingerprint density at radius 2 is 2.26 bits per heavy atom. The number of carbonyl (C=O) groups is 2. The van der Waals surface area contributed by atoms with Crippen LogP contribution in [0.25, 0.3) is 10.2 Å². The predicted molar refractivity (Wildman–Crippen MR) is 89.3 cm³/mol. The van der Waals surface area contributed by atoms with Crippen molar-refractivity contribution in [3.63, 3.8) is 0 Å². The van der Waals surface area contributed by atoms with Gasteiger partial charge in [0.25, 0.3) is 5.91 Å². The minimum Gasteiger partial charge on any atom is -0.462 e. The molecule has 5 nitrogen and oxygen atoms in total. The van der Waals surface area contributed by atoms with Gasteiger partial charge in [-0.15, -0.1) is 6.58 Å². The highest BCUT2D eigenvalue weighted by atomic mass is 32.1. The highest BCUT2D eigenvalue weighted by Gasteiger charge is 2.29. The lowest BCUT2D eigenvalue weighted by Crippen LogP contribution is -2.16. The van der Waals surface area contributed by atoms with E-state index in [1.807, 2.05) is 10.6 Å². The molecule has 1 aliphatic rings. The molecule has 0 radical (unpaired) electrons. The number of hydrogen-bond donors (Lipinski definition) is 0. The van der Waals surface area contributed by atoms with Gasteiger partial charge in [0.2, 0.25) is 0 Å². The zero-order valence-electron chi connectivity index (χ0n) is 12.9. The van der Waals surface area contributed by atoms with Crippen LogP contribution in [-0.2, 0) is 16.1 Å². The van der Waals surface area contributed by atoms with Crippen LogP contribution < -0.4 is 4.80 Å². The highest BCUT2D eigenvalue weighted by molar-refractivity contribution is 7.16. The smallest absolute Gasteiger partial charge is 0.338 e. The molecule has 1 aliphatic carbocycles. The topological polar surface area (TPSA) is 60.7 Å². The summed E-state index contributed by atoms with van der Waals surface area (Å²) in [6.07, 6.45) is 3.63. The van der Waals surface area contributed by atoms with Crippen molar-refractivity contribution in [3.05, 3.63) is 41.2 Å². The Hall–Kier alpha value is -2.21. The number of allylic oxidation sites excluding steroid dienone is 1. The Bertz CT molecular complexity index is 843. The first-order valence-electron chi connectivity index (χ1n) is 7.64. The highest BCUT2D eigenvalue weighted by Crippen LogP contribution is 2.30. The van der Waals surface area contributed by atoms with Gasteiger partial charge in [0.15, 0.2) is 4.80 Å². The van der Waals surface area contributed by atoms with Gasteiger partial charge in [-0.05, 0) is 38.0 Å². The summed E-state index contributed by atoms with van der Waals surface area (Å²) in [5, 5.41) is 0. The zero-order chi connectivity index (χ0) is 16.4. The van der Waals surface area contributed by atoms with E-state index in [1.54, 1.807) is 25.1 Å². The molecular weight excluding hydrogens is 312 g/mol. The first-order valence-corrected chi connectivity index (χ1v) is 8.45. The van der Waals surface area contributed by atoms with Crippen molar-refractivity contribution >= 4 is 33.4 Å². The first kappa shape index (κ1) is 15.7. The summed E-state index contributed by atoms with van der Waals surface area (Å²) < 4.78 is 7.88. The molecule has 0 atom stereocenters. The summed E-state index contributed by atoms with van der Waals surface area (Å²) in [7, 11) is 0. The molecule has 23 heavy (non-hydrogen) atoms. The number of nitrogens with zero attached hydrogens (tertiary/aromatic N) is 2. The van der Waals surface area contributed by atoms with E-state index in [2.05, 4.69) is 11.6 Å². The maximum Gasteiger partial charge on any atom is 0.338 e. The van der Waals surface area contributed by atoms with Gasteiger partial charge < -0.3 is 9.30 Å². The van der Waals surface area contributed by atoms with E-state index in [-0.39, 0.29) is 17.8 Å². The number of fused-ring (bicyclic) bond motifs is 1. The lowest BCUT2D eigenvalue weighted by molar-refractivity contribution is -0.119. The second kappa shape index (κ2) is 6.50. The molecule has 6 heteroatoms. The third kappa shape index (κ3) is 3.27. The fraction of sp³-hybridized carbons (Fsp3) is 0.353. The summed E-state index contributed by atoms with van der Waals surface area (Å²) in [5.74, 6) is -0.307. The Morgan fingerprint density at radius 3 is 2.91 bits per heavy atom. The number of ether oxygens (including phenoxy) is 1. The lowest BCUT2D eigenvalue weighted by atomic mass is 10.2. The van der Waals surface area contributed by atoms with Crippen LogP contribution in [-0.4, -0.2) is 23.1 Å². The van der Waals surface area contributed by atoms with Crippen molar-refractivity contribution < 1.29 is 14.3 Å². The number of aromatic nitrogens is 1. The lowest BCUT2D eigenvalue weighted by Gasteiger charge is -2.03. The van der Waals surface area contributed by atoms with Gasteiger partial charge in [-0.25, -0.2) is 4.79 Å². The normalized spacial score (nSPS) is 14.9. The number of amides is 1. The number of thiazole rings is 1. The molecule has 120 valence electrons. The minimum absolute atomic E-state index is 0.0556. The van der Waals surface area contributed by atoms with Crippen molar-refractivity contribution in [1.29, 1.82) is 0 Å². The van der Waals surface area contributed by atoms with E-state index in [0.29, 0.717) is 23.5 Å². The molecular formula is C17H18N2O3S. The SMILES string of the molecule is C=CCn1c(=NC(=O)C2CC2)sc2cc(C(=O)OCC)ccc21. The molecule has 1 aromatic carbocycles. The number of esters is 1. The molecule has 0 unspecified atom stereocenters. The second-order valence-corrected chi connectivity index (χ2v) is 6.42. The molecule has 0 saturated heterocycles. The van der Waals surface area contributed by atoms with Crippen LogP contribution in [0.15, 0.2) is 35.8 Å². The third-order valence-corrected chi connectivity index (χ3v) is 4.68. The monoisotopic (exact) mass is 330 g/mol. The fourth-order valence-electron chi connectivity index (χ4n) is 2.32. The summed E-state index contributed by atoms with van der Waals surface area (Å²) in [5.41, 5.74) is 1.44. The Labute approximate surface area is 137 Å². The Morgan fingerprint density at radius 1 is 1.48 bits per heavy atom. The van der Waals surface area contributed by atoms with Crippen LogP contribution >= 0.6 is 11.3 Å². The number of carbonyl (C=O) groups excluding carboxylic acids is 2. The molecule has 0 bridgehead atoms. The Balaban J connectivity index is 2.08. The van der Waals surface area contributed by atoms with Crippen LogP contribution in [0.1, 0.15) is 30.1 Å². The van der Waals surface area contributed by atoms with Gasteiger partial charge >= 0.3 is 5.97 Å². The van der Waals surface area contributed by atoms with Crippen molar-refractivity contribution in [3.8, 4) is 0 Å². The van der Waals surface area contributed by atoms with Gasteiger partial charge in [-0.1, -0.05) is 17.4 Å². The average molecular weight is 330 g/mol. The van der Waals surface area contributed by atoms with E-state index in [1.165, 1.54) is 11.3 Å². The average Bonchev–Trinajstić information content (AvgIpc) is 3.33. The van der Waals surface area contributed by atoms with E-state index >= 15 is 0 Å². The molecule has 1 amide bonds. The molecule has 1 heterocycles. The van der Waals surface area contributed by atoms with E-state index in [4.69, 9.17) is 4.74 Å². The number of rotatable bonds is 5. The molecule has 0 spiro atoms. The van der Waals surface area contributed by atoms with Crippen molar-refractivity contribution in [2.45, 2.75) is 26.3 Å². The van der Waals surface area contributed by atoms with Gasteiger partial charge in [-0.3, -0.25) is 4.79 Å². The maximum atomic E-state index is 12.0. The molecule has 1 aromatic heterocycles. The zero-order valence-corrected chi connectivity index (χ0v) is 13.8. The van der Waals surface area contributed by atoms with Crippen molar-refractivity contribution in [2.75, 3.05) is 6.61 Å². The van der Waals surface area contributed by atoms with Gasteiger partial charge in [0.05, 0.1) is 22.4 Å². The molecule has 0 N–H and O–H groups in total. The standard InChI is InChI=1S/C17H18N2O3S/c1-3-9-19-13-8-7-12(16(21)22-4-2)10-14(13)23-17(19)18-15(20)11-5-6-11/h3,7-8,10-11H,1,4-6,9H2,2H3. The molecule has 1 saturated carbocycles. The first-order chi connectivity index (χ1) is 11.1. The van der Waals surface area contributed by atoms with E-state index in [0.717, 1.165) is 23.1 Å². The second-order valence-electron chi connectivity index (χ2n) is 5.41. The molecule has 3 rings (SSSR count). The molecule has 2 aromatic rings. The van der Waals surface area contributed by atoms with Gasteiger partial charge in [0, 0.05) is 12.5 Å². The number of hydrogen-bond acceptors (Lipinski definition) is 4. The summed E-state index contributed by atoms with van der Waals surface area (Å²) in [6, 6.07) is 5.39. The minimum atomic E-state index is -0.342. The van der Waals surface area contributed by atoms with E-state index < -0.39 is 0 Å². The summed E-state index contributed by atoms with van der Waals surface area (Å²) in [4.78, 5) is 28.8. The number of benzene rings is 1. The van der Waals surface area contributed by atoms with Crippen LogP contribution in [0.5, 0.6) is 0 Å². The van der Waals surface area contributed by atoms with Gasteiger partial charge in [-0.2, -0.15) is 4.99 Å². The summed E-state index contributed by atoms with van der Waals surface area (Å²) >= 11 is 1.41. The van der Waals surface area contributed by atoms with Crippen LogP contribution in [0.4, 0.5) is 0 Å². The molecule has 1 fully saturated rings. The van der Waals surface area contributed by atoms with Crippen molar-refractivity contribution in [2.24, 2.45) is 10.9 Å². The van der Waals surface area contributed by atoms with Crippen LogP contribution in [0, 0.1) is 5.92 Å². The van der Waals surface area contributed by atoms with Crippen LogP contribution in [0.2, 0.25) is 0 Å². The third-order valence-electron chi connectivity index (χ3n) is 3.64. The summed E-state index contributed by atoms with van der Waals surface area (Å²) in [6.45, 7) is 6.45. The fourth-order valence-corrected chi connectivity index (χ4v) is 3.41. The Kier molecular flexibility index (Phi) is 4.43. The van der Waals surface area contributed by atoms with Crippen molar-refractivity contribution in [1.82, 2.24) is 4.57 Å². The van der Waals surface area contributed by atoms with Crippen LogP contribution in [0.3, 0.4) is 0 Å². The largest absolute Gasteiger partial charge is 0.462 e. The van der Waals surface area contributed by atoms with Gasteiger partial charge in [0.1, 0.15) is 0 Å². The molecule has 0 aliphatic heterocycles. The predicted octanol–water partition coefficient (Wildman–Crippen LogP) is 2.90.